The van der Waals surface area contributed by atoms with E-state index >= 15 is 0 Å². The Bertz CT molecular complexity index is 759. The summed E-state index contributed by atoms with van der Waals surface area (Å²) in [6.45, 7) is -0.0353. The lowest BCUT2D eigenvalue weighted by atomic mass is 10.1. The van der Waals surface area contributed by atoms with E-state index in [0.717, 1.165) is 12.1 Å². The first-order valence-corrected chi connectivity index (χ1v) is 7.39. The predicted molar refractivity (Wildman–Crippen MR) is 84.2 cm³/mol. The predicted octanol–water partition coefficient (Wildman–Crippen LogP) is 3.25. The topological polar surface area (TPSA) is 87.7 Å². The van der Waals surface area contributed by atoms with Gasteiger partial charge >= 0.3 is 12.3 Å². The molecule has 2 amide bonds. The molecule has 0 saturated carbocycles. The van der Waals surface area contributed by atoms with Gasteiger partial charge in [-0.15, -0.1) is 0 Å². The second-order valence-corrected chi connectivity index (χ2v) is 5.26. The van der Waals surface area contributed by atoms with E-state index in [1.54, 1.807) is 12.1 Å². The second-order valence-electron chi connectivity index (χ2n) is 5.26. The van der Waals surface area contributed by atoms with Crippen molar-refractivity contribution in [3.05, 3.63) is 70.8 Å². The molecule has 0 radical (unpaired) electrons. The van der Waals surface area contributed by atoms with Crippen molar-refractivity contribution in [1.82, 2.24) is 10.8 Å². The third-order valence-electron chi connectivity index (χ3n) is 3.41. The summed E-state index contributed by atoms with van der Waals surface area (Å²) in [6.07, 6.45) is -5.14. The van der Waals surface area contributed by atoms with Crippen molar-refractivity contribution in [2.45, 2.75) is 19.3 Å². The number of hydroxylamine groups is 1. The molecule has 0 aliphatic heterocycles. The lowest BCUT2D eigenvalue weighted by molar-refractivity contribution is -0.137. The Morgan fingerprint density at radius 1 is 0.962 bits per heavy atom. The maximum absolute atomic E-state index is 12.5. The number of nitrogens with one attached hydrogen (secondary N) is 2. The third-order valence-corrected chi connectivity index (χ3v) is 3.41. The number of halogens is 3. The number of alkyl halides is 3. The fourth-order valence-corrected chi connectivity index (χ4v) is 2.00. The van der Waals surface area contributed by atoms with E-state index in [9.17, 15) is 22.8 Å². The van der Waals surface area contributed by atoms with Gasteiger partial charge in [0.25, 0.3) is 5.91 Å². The van der Waals surface area contributed by atoms with Crippen molar-refractivity contribution in [2.24, 2.45) is 0 Å². The molecule has 9 heteroatoms. The van der Waals surface area contributed by atoms with Crippen LogP contribution in [0.2, 0.25) is 0 Å². The molecule has 3 N–H and O–H groups in total. The van der Waals surface area contributed by atoms with Gasteiger partial charge < -0.3 is 10.1 Å². The molecule has 2 rings (SSSR count). The molecule has 0 fully saturated rings. The molecule has 0 saturated heterocycles. The molecule has 0 spiro atoms. The minimum Gasteiger partial charge on any atom is -0.445 e. The number of ether oxygens (including phenoxy) is 1. The average Bonchev–Trinajstić information content (AvgIpc) is 2.64. The number of amides is 2. The molecule has 2 aromatic carbocycles. The van der Waals surface area contributed by atoms with Gasteiger partial charge in [0.15, 0.2) is 0 Å². The van der Waals surface area contributed by atoms with Gasteiger partial charge in [0.05, 0.1) is 5.56 Å². The first kappa shape index (κ1) is 19.3. The molecule has 0 aliphatic carbocycles. The molecule has 2 aromatic rings. The van der Waals surface area contributed by atoms with Gasteiger partial charge in [0.2, 0.25) is 0 Å². The Balaban J connectivity index is 1.79. The maximum Gasteiger partial charge on any atom is 0.416 e. The van der Waals surface area contributed by atoms with E-state index in [4.69, 9.17) is 9.94 Å². The minimum atomic E-state index is -4.40. The quantitative estimate of drug-likeness (QED) is 0.558. The van der Waals surface area contributed by atoms with Crippen LogP contribution in [0.5, 0.6) is 0 Å². The number of hydrogen-bond donors (Lipinski definition) is 3. The molecular weight excluding hydrogens is 353 g/mol. The first-order chi connectivity index (χ1) is 12.3. The number of carbonyl (C=O) groups is 2. The van der Waals surface area contributed by atoms with Gasteiger partial charge in [0.1, 0.15) is 6.61 Å². The Kier molecular flexibility index (Phi) is 6.18. The van der Waals surface area contributed by atoms with Gasteiger partial charge in [-0.2, -0.15) is 13.2 Å². The zero-order valence-corrected chi connectivity index (χ0v) is 13.3. The Labute approximate surface area is 146 Å². The Morgan fingerprint density at radius 3 is 2.08 bits per heavy atom. The van der Waals surface area contributed by atoms with E-state index in [1.807, 2.05) is 0 Å². The van der Waals surface area contributed by atoms with Crippen LogP contribution in [0.3, 0.4) is 0 Å². The van der Waals surface area contributed by atoms with Gasteiger partial charge in [-0.25, -0.2) is 10.3 Å². The number of carbonyl (C=O) groups excluding carboxylic acids is 2. The van der Waals surface area contributed by atoms with Crippen molar-refractivity contribution in [1.29, 1.82) is 0 Å². The van der Waals surface area contributed by atoms with E-state index in [-0.39, 0.29) is 18.7 Å². The summed E-state index contributed by atoms with van der Waals surface area (Å²) < 4.78 is 42.4. The molecule has 0 aromatic heterocycles. The monoisotopic (exact) mass is 368 g/mol. The van der Waals surface area contributed by atoms with Crippen LogP contribution in [0.15, 0.2) is 48.5 Å². The number of benzene rings is 2. The fourth-order valence-electron chi connectivity index (χ4n) is 2.00. The highest BCUT2D eigenvalue weighted by Gasteiger charge is 2.29. The highest BCUT2D eigenvalue weighted by molar-refractivity contribution is 5.93. The van der Waals surface area contributed by atoms with E-state index in [2.05, 4.69) is 5.32 Å². The summed E-state index contributed by atoms with van der Waals surface area (Å²) in [6, 6.07) is 10.4. The zero-order chi connectivity index (χ0) is 19.2. The van der Waals surface area contributed by atoms with Crippen molar-refractivity contribution in [2.75, 3.05) is 0 Å². The van der Waals surface area contributed by atoms with Crippen molar-refractivity contribution >= 4 is 12.0 Å². The van der Waals surface area contributed by atoms with Crippen LogP contribution < -0.4 is 10.8 Å². The normalized spacial score (nSPS) is 10.9. The largest absolute Gasteiger partial charge is 0.445 e. The summed E-state index contributed by atoms with van der Waals surface area (Å²) >= 11 is 0. The van der Waals surface area contributed by atoms with E-state index in [0.29, 0.717) is 11.1 Å². The molecule has 0 heterocycles. The maximum atomic E-state index is 12.5. The fraction of sp³-hybridized carbons (Fsp3) is 0.176. The molecule has 6 nitrogen and oxygen atoms in total. The van der Waals surface area contributed by atoms with Crippen molar-refractivity contribution in [3.63, 3.8) is 0 Å². The minimum absolute atomic E-state index is 0.0204. The van der Waals surface area contributed by atoms with Gasteiger partial charge in [-0.3, -0.25) is 10.0 Å². The smallest absolute Gasteiger partial charge is 0.416 e. The molecule has 0 atom stereocenters. The summed E-state index contributed by atoms with van der Waals surface area (Å²) in [5.74, 6) is -0.660. The van der Waals surface area contributed by atoms with Crippen molar-refractivity contribution < 1.29 is 32.7 Å². The average molecular weight is 368 g/mol. The summed E-state index contributed by atoms with van der Waals surface area (Å²) in [5, 5.41) is 10.9. The van der Waals surface area contributed by atoms with Crippen LogP contribution in [-0.2, 0) is 24.1 Å². The zero-order valence-electron chi connectivity index (χ0n) is 13.3. The Morgan fingerprint density at radius 2 is 1.54 bits per heavy atom. The number of alkyl carbamates (subject to hydrolysis) is 1. The lowest BCUT2D eigenvalue weighted by Crippen LogP contribution is -2.23. The first-order valence-electron chi connectivity index (χ1n) is 7.39. The summed E-state index contributed by atoms with van der Waals surface area (Å²) in [4.78, 5) is 22.8. The Hall–Kier alpha value is -3.07. The van der Waals surface area contributed by atoms with Crippen LogP contribution in [-0.4, -0.2) is 17.2 Å². The molecular formula is C17H15F3N2O4. The van der Waals surface area contributed by atoms with Crippen LogP contribution >= 0.6 is 0 Å². The molecule has 0 aliphatic rings. The van der Waals surface area contributed by atoms with Gasteiger partial charge in [0, 0.05) is 12.1 Å². The SMILES string of the molecule is O=C(NCc1ccc(C(F)(F)F)cc1)OCc1ccc(C(=O)NO)cc1. The molecule has 0 bridgehead atoms. The van der Waals surface area contributed by atoms with Gasteiger partial charge in [-0.05, 0) is 35.4 Å². The number of rotatable bonds is 5. The highest BCUT2D eigenvalue weighted by Crippen LogP contribution is 2.29. The standard InChI is InChI=1S/C17H15F3N2O4/c18-17(19,20)14-7-3-11(4-8-14)9-21-16(24)26-10-12-1-5-13(6-2-12)15(23)22-25/h1-8,25H,9-10H2,(H,21,24)(H,22,23). The van der Waals surface area contributed by atoms with Gasteiger partial charge in [-0.1, -0.05) is 24.3 Å². The molecule has 138 valence electrons. The second kappa shape index (κ2) is 8.34. The number of hydrogen-bond acceptors (Lipinski definition) is 4. The summed E-state index contributed by atoms with van der Waals surface area (Å²) in [5.41, 5.74) is 2.08. The third kappa shape index (κ3) is 5.49. The van der Waals surface area contributed by atoms with Crippen LogP contribution in [0.4, 0.5) is 18.0 Å². The van der Waals surface area contributed by atoms with Crippen molar-refractivity contribution in [3.8, 4) is 0 Å². The lowest BCUT2D eigenvalue weighted by Gasteiger charge is -2.09. The van der Waals surface area contributed by atoms with Crippen LogP contribution in [0.25, 0.3) is 0 Å². The highest BCUT2D eigenvalue weighted by atomic mass is 19.4. The molecule has 0 unspecified atom stereocenters. The summed E-state index contributed by atoms with van der Waals surface area (Å²) in [7, 11) is 0. The van der Waals surface area contributed by atoms with Crippen LogP contribution in [0, 0.1) is 0 Å². The van der Waals surface area contributed by atoms with Crippen LogP contribution in [0.1, 0.15) is 27.0 Å². The van der Waals surface area contributed by atoms with E-state index < -0.39 is 23.7 Å². The molecule has 26 heavy (non-hydrogen) atoms. The van der Waals surface area contributed by atoms with E-state index in [1.165, 1.54) is 29.7 Å².